The fourth-order valence-electron chi connectivity index (χ4n) is 1.74. The minimum absolute atomic E-state index is 0.0389. The molecule has 2 nitrogen and oxygen atoms in total. The van der Waals surface area contributed by atoms with Crippen LogP contribution in [0.15, 0.2) is 23.8 Å². The van der Waals surface area contributed by atoms with Gasteiger partial charge in [-0.25, -0.2) is 0 Å². The highest BCUT2D eigenvalue weighted by molar-refractivity contribution is 5.66. The zero-order chi connectivity index (χ0) is 10.7. The molecule has 1 aliphatic carbocycles. The summed E-state index contributed by atoms with van der Waals surface area (Å²) in [5.41, 5.74) is 2.34. The lowest BCUT2D eigenvalue weighted by Gasteiger charge is -2.28. The van der Waals surface area contributed by atoms with Gasteiger partial charge in [0, 0.05) is 6.92 Å². The van der Waals surface area contributed by atoms with E-state index in [0.717, 1.165) is 18.4 Å². The van der Waals surface area contributed by atoms with E-state index in [2.05, 4.69) is 12.7 Å². The molecule has 2 heteroatoms. The molecule has 0 aromatic heterocycles. The first kappa shape index (κ1) is 11.0. The highest BCUT2D eigenvalue weighted by atomic mass is 16.5. The Balaban J connectivity index is 2.66. The summed E-state index contributed by atoms with van der Waals surface area (Å²) in [6.45, 7) is 9.45. The molecule has 0 saturated heterocycles. The number of carbonyl (C=O) groups excluding carboxylic acids is 1. The zero-order valence-corrected chi connectivity index (χ0v) is 9.17. The first-order valence-electron chi connectivity index (χ1n) is 5.00. The van der Waals surface area contributed by atoms with Crippen molar-refractivity contribution in [3.8, 4) is 0 Å². The smallest absolute Gasteiger partial charge is 0.303 e. The van der Waals surface area contributed by atoms with E-state index in [0.29, 0.717) is 5.92 Å². The molecule has 2 unspecified atom stereocenters. The molecule has 0 spiro atoms. The Morgan fingerprint density at radius 2 is 2.21 bits per heavy atom. The summed E-state index contributed by atoms with van der Waals surface area (Å²) in [6.07, 6.45) is 4.02. The molecule has 2 atom stereocenters. The van der Waals surface area contributed by atoms with Crippen LogP contribution in [0.3, 0.4) is 0 Å². The van der Waals surface area contributed by atoms with Gasteiger partial charge in [0.05, 0.1) is 0 Å². The van der Waals surface area contributed by atoms with Gasteiger partial charge in [0.15, 0.2) is 0 Å². The van der Waals surface area contributed by atoms with Crippen molar-refractivity contribution < 1.29 is 9.53 Å². The Morgan fingerprint density at radius 3 is 2.71 bits per heavy atom. The number of allylic oxidation sites excluding steroid dienone is 2. The standard InChI is InChI=1S/C12H18O2/c1-8(2)11-6-5-9(3)12(7-11)14-10(4)13/h5,11-12H,1,6-7H2,2-4H3. The molecular formula is C12H18O2. The first-order chi connectivity index (χ1) is 6.50. The van der Waals surface area contributed by atoms with Crippen LogP contribution < -0.4 is 0 Å². The molecule has 0 amide bonds. The maximum atomic E-state index is 10.9. The Kier molecular flexibility index (Phi) is 3.50. The summed E-state index contributed by atoms with van der Waals surface area (Å²) in [4.78, 5) is 10.9. The van der Waals surface area contributed by atoms with Crippen molar-refractivity contribution >= 4 is 5.97 Å². The fraction of sp³-hybridized carbons (Fsp3) is 0.583. The van der Waals surface area contributed by atoms with Crippen LogP contribution in [0.4, 0.5) is 0 Å². The van der Waals surface area contributed by atoms with E-state index in [1.54, 1.807) is 0 Å². The molecule has 0 aromatic carbocycles. The van der Waals surface area contributed by atoms with Crippen LogP contribution in [-0.2, 0) is 9.53 Å². The highest BCUT2D eigenvalue weighted by Crippen LogP contribution is 2.30. The molecule has 0 bridgehead atoms. The molecule has 1 rings (SSSR count). The van der Waals surface area contributed by atoms with Crippen LogP contribution in [0, 0.1) is 5.92 Å². The van der Waals surface area contributed by atoms with Gasteiger partial charge < -0.3 is 4.74 Å². The SMILES string of the molecule is C=C(C)C1CC=C(C)C(OC(C)=O)C1. The number of esters is 1. The molecule has 14 heavy (non-hydrogen) atoms. The van der Waals surface area contributed by atoms with Crippen LogP contribution in [0.1, 0.15) is 33.6 Å². The maximum Gasteiger partial charge on any atom is 0.303 e. The van der Waals surface area contributed by atoms with Gasteiger partial charge in [-0.3, -0.25) is 4.79 Å². The van der Waals surface area contributed by atoms with E-state index < -0.39 is 0 Å². The number of hydrogen-bond acceptors (Lipinski definition) is 2. The second-order valence-electron chi connectivity index (χ2n) is 4.06. The average molecular weight is 194 g/mol. The highest BCUT2D eigenvalue weighted by Gasteiger charge is 2.24. The van der Waals surface area contributed by atoms with Gasteiger partial charge >= 0.3 is 5.97 Å². The molecular weight excluding hydrogens is 176 g/mol. The summed E-state index contributed by atoms with van der Waals surface area (Å²) in [7, 11) is 0. The van der Waals surface area contributed by atoms with Crippen molar-refractivity contribution in [3.05, 3.63) is 23.8 Å². The van der Waals surface area contributed by atoms with Crippen LogP contribution in [-0.4, -0.2) is 12.1 Å². The molecule has 0 N–H and O–H groups in total. The van der Waals surface area contributed by atoms with Crippen LogP contribution in [0.25, 0.3) is 0 Å². The Hall–Kier alpha value is -1.05. The fourth-order valence-corrected chi connectivity index (χ4v) is 1.74. The monoisotopic (exact) mass is 194 g/mol. The summed E-state index contributed by atoms with van der Waals surface area (Å²) in [6, 6.07) is 0. The molecule has 1 aliphatic rings. The van der Waals surface area contributed by atoms with Gasteiger partial charge in [0.1, 0.15) is 6.10 Å². The van der Waals surface area contributed by atoms with Crippen molar-refractivity contribution in [2.75, 3.05) is 0 Å². The largest absolute Gasteiger partial charge is 0.458 e. The average Bonchev–Trinajstić information content (AvgIpc) is 2.07. The van der Waals surface area contributed by atoms with Gasteiger partial charge in [-0.05, 0) is 38.2 Å². The van der Waals surface area contributed by atoms with Crippen molar-refractivity contribution in [1.82, 2.24) is 0 Å². The second kappa shape index (κ2) is 4.45. The minimum Gasteiger partial charge on any atom is -0.458 e. The number of carbonyl (C=O) groups is 1. The van der Waals surface area contributed by atoms with Crippen molar-refractivity contribution in [1.29, 1.82) is 0 Å². The van der Waals surface area contributed by atoms with E-state index in [1.807, 2.05) is 13.8 Å². The van der Waals surface area contributed by atoms with Crippen LogP contribution >= 0.6 is 0 Å². The summed E-state index contributed by atoms with van der Waals surface area (Å²) >= 11 is 0. The van der Waals surface area contributed by atoms with Gasteiger partial charge in [-0.15, -0.1) is 0 Å². The first-order valence-corrected chi connectivity index (χ1v) is 5.00. The molecule has 0 saturated carbocycles. The van der Waals surface area contributed by atoms with Crippen molar-refractivity contribution in [2.45, 2.75) is 39.7 Å². The van der Waals surface area contributed by atoms with E-state index in [1.165, 1.54) is 12.5 Å². The van der Waals surface area contributed by atoms with Crippen LogP contribution in [0.2, 0.25) is 0 Å². The normalized spacial score (nSPS) is 26.6. The van der Waals surface area contributed by atoms with Gasteiger partial charge in [0.25, 0.3) is 0 Å². The molecule has 0 fully saturated rings. The van der Waals surface area contributed by atoms with Crippen molar-refractivity contribution in [2.24, 2.45) is 5.92 Å². The third kappa shape index (κ3) is 2.72. The molecule has 0 radical (unpaired) electrons. The Bertz CT molecular complexity index is 276. The van der Waals surface area contributed by atoms with Crippen molar-refractivity contribution in [3.63, 3.8) is 0 Å². The molecule has 0 aliphatic heterocycles. The Labute approximate surface area is 85.6 Å². The Morgan fingerprint density at radius 1 is 1.57 bits per heavy atom. The van der Waals surface area contributed by atoms with Gasteiger partial charge in [0.2, 0.25) is 0 Å². The van der Waals surface area contributed by atoms with E-state index >= 15 is 0 Å². The molecule has 0 heterocycles. The third-order valence-electron chi connectivity index (χ3n) is 2.74. The summed E-state index contributed by atoms with van der Waals surface area (Å²) < 4.78 is 5.24. The van der Waals surface area contributed by atoms with Gasteiger partial charge in [-0.2, -0.15) is 0 Å². The quantitative estimate of drug-likeness (QED) is 0.499. The summed E-state index contributed by atoms with van der Waals surface area (Å²) in [5, 5.41) is 0. The maximum absolute atomic E-state index is 10.9. The number of rotatable bonds is 2. The number of hydrogen-bond donors (Lipinski definition) is 0. The van der Waals surface area contributed by atoms with Crippen LogP contribution in [0.5, 0.6) is 0 Å². The minimum atomic E-state index is -0.204. The molecule has 78 valence electrons. The zero-order valence-electron chi connectivity index (χ0n) is 9.17. The van der Waals surface area contributed by atoms with E-state index in [9.17, 15) is 4.79 Å². The lowest BCUT2D eigenvalue weighted by atomic mass is 9.84. The third-order valence-corrected chi connectivity index (χ3v) is 2.74. The number of ether oxygens (including phenoxy) is 1. The lowest BCUT2D eigenvalue weighted by Crippen LogP contribution is -2.25. The predicted octanol–water partition coefficient (Wildman–Crippen LogP) is 2.85. The molecule has 0 aromatic rings. The van der Waals surface area contributed by atoms with E-state index in [-0.39, 0.29) is 12.1 Å². The predicted molar refractivity (Wildman–Crippen MR) is 56.8 cm³/mol. The van der Waals surface area contributed by atoms with Gasteiger partial charge in [-0.1, -0.05) is 18.2 Å². The van der Waals surface area contributed by atoms with E-state index in [4.69, 9.17) is 4.74 Å². The topological polar surface area (TPSA) is 26.3 Å². The lowest BCUT2D eigenvalue weighted by molar-refractivity contribution is -0.145. The summed E-state index contributed by atoms with van der Waals surface area (Å²) in [5.74, 6) is 0.258. The second-order valence-corrected chi connectivity index (χ2v) is 4.06.